The smallest absolute Gasteiger partial charge is 0.161 e. The minimum atomic E-state index is -0.0523. The van der Waals surface area contributed by atoms with Crippen LogP contribution in [0.5, 0.6) is 11.5 Å². The average Bonchev–Trinajstić information content (AvgIpc) is 3.04. The molecule has 1 aromatic rings. The van der Waals surface area contributed by atoms with Gasteiger partial charge in [0.25, 0.3) is 0 Å². The largest absolute Gasteiger partial charge is 0.504 e. The number of rotatable bonds is 4. The minimum absolute atomic E-state index is 0.0124. The van der Waals surface area contributed by atoms with Gasteiger partial charge in [-0.3, -0.25) is 0 Å². The maximum absolute atomic E-state index is 9.66. The lowest BCUT2D eigenvalue weighted by Gasteiger charge is -2.26. The van der Waals surface area contributed by atoms with E-state index in [2.05, 4.69) is 19.2 Å². The summed E-state index contributed by atoms with van der Waals surface area (Å²) in [5.74, 6) is 0.678. The Bertz CT molecular complexity index is 384. The molecular weight excluding hydrogens is 202 g/mol. The Morgan fingerprint density at radius 3 is 2.62 bits per heavy atom. The molecule has 16 heavy (non-hydrogen) atoms. The fourth-order valence-corrected chi connectivity index (χ4v) is 1.99. The van der Waals surface area contributed by atoms with Crippen LogP contribution in [0.25, 0.3) is 0 Å². The first kappa shape index (κ1) is 11.3. The highest BCUT2D eigenvalue weighted by atomic mass is 16.3. The molecule has 0 unspecified atom stereocenters. The second-order valence-electron chi connectivity index (χ2n) is 5.13. The Hall–Kier alpha value is -1.22. The predicted molar refractivity (Wildman–Crippen MR) is 63.4 cm³/mol. The number of para-hydroxylation sites is 1. The summed E-state index contributed by atoms with van der Waals surface area (Å²) in [5.41, 5.74) is 0.853. The first-order valence-corrected chi connectivity index (χ1v) is 5.75. The zero-order valence-corrected chi connectivity index (χ0v) is 9.83. The molecule has 1 aromatic carbocycles. The van der Waals surface area contributed by atoms with Crippen molar-refractivity contribution >= 4 is 0 Å². The van der Waals surface area contributed by atoms with Crippen molar-refractivity contribution in [1.29, 1.82) is 0 Å². The predicted octanol–water partition coefficient (Wildman–Crippen LogP) is 2.38. The van der Waals surface area contributed by atoms with E-state index in [0.29, 0.717) is 6.54 Å². The van der Waals surface area contributed by atoms with Gasteiger partial charge in [-0.2, -0.15) is 0 Å². The third-order valence-electron chi connectivity index (χ3n) is 3.43. The fourth-order valence-electron chi connectivity index (χ4n) is 1.99. The molecule has 1 aliphatic carbocycles. The van der Waals surface area contributed by atoms with Crippen molar-refractivity contribution in [2.24, 2.45) is 5.92 Å². The third-order valence-corrected chi connectivity index (χ3v) is 3.43. The zero-order valence-electron chi connectivity index (χ0n) is 9.83. The van der Waals surface area contributed by atoms with Gasteiger partial charge in [0, 0.05) is 17.6 Å². The summed E-state index contributed by atoms with van der Waals surface area (Å²) in [5, 5.41) is 22.5. The van der Waals surface area contributed by atoms with E-state index in [4.69, 9.17) is 0 Å². The Morgan fingerprint density at radius 1 is 1.31 bits per heavy atom. The van der Waals surface area contributed by atoms with Gasteiger partial charge in [-0.1, -0.05) is 12.1 Å². The van der Waals surface area contributed by atoms with Gasteiger partial charge in [-0.05, 0) is 38.7 Å². The molecule has 3 N–H and O–H groups in total. The van der Waals surface area contributed by atoms with E-state index >= 15 is 0 Å². The van der Waals surface area contributed by atoms with E-state index in [0.717, 1.165) is 11.5 Å². The lowest BCUT2D eigenvalue weighted by molar-refractivity contribution is 0.333. The minimum Gasteiger partial charge on any atom is -0.504 e. The van der Waals surface area contributed by atoms with E-state index in [-0.39, 0.29) is 17.0 Å². The van der Waals surface area contributed by atoms with Crippen LogP contribution in [0.15, 0.2) is 18.2 Å². The van der Waals surface area contributed by atoms with Crippen molar-refractivity contribution in [3.8, 4) is 11.5 Å². The maximum atomic E-state index is 9.66. The molecule has 0 aliphatic heterocycles. The zero-order chi connectivity index (χ0) is 11.8. The second kappa shape index (κ2) is 3.98. The van der Waals surface area contributed by atoms with E-state index in [1.54, 1.807) is 6.07 Å². The highest BCUT2D eigenvalue weighted by Gasteiger charge is 2.37. The Kier molecular flexibility index (Phi) is 2.80. The van der Waals surface area contributed by atoms with Gasteiger partial charge in [0.1, 0.15) is 0 Å². The van der Waals surface area contributed by atoms with E-state index < -0.39 is 0 Å². The summed E-state index contributed by atoms with van der Waals surface area (Å²) in [6, 6.07) is 5.06. The molecule has 0 bridgehead atoms. The molecule has 0 heterocycles. The summed E-state index contributed by atoms with van der Waals surface area (Å²) >= 11 is 0. The van der Waals surface area contributed by atoms with Crippen LogP contribution >= 0.6 is 0 Å². The van der Waals surface area contributed by atoms with E-state index in [1.165, 1.54) is 18.9 Å². The van der Waals surface area contributed by atoms with Gasteiger partial charge in [-0.15, -0.1) is 0 Å². The van der Waals surface area contributed by atoms with Crippen molar-refractivity contribution in [3.05, 3.63) is 23.8 Å². The molecule has 3 heteroatoms. The topological polar surface area (TPSA) is 52.5 Å². The van der Waals surface area contributed by atoms with Gasteiger partial charge < -0.3 is 15.5 Å². The normalized spacial score (nSPS) is 16.4. The Labute approximate surface area is 96.1 Å². The number of benzene rings is 1. The standard InChI is InChI=1S/C13H19NO2/c1-13(2,10-6-7-10)14-8-9-4-3-5-11(15)12(9)16/h3-5,10,14-16H,6-8H2,1-2H3. The number of phenols is 2. The van der Waals surface area contributed by atoms with Crippen LogP contribution in [0.1, 0.15) is 32.3 Å². The summed E-state index contributed by atoms with van der Waals surface area (Å²) in [6.07, 6.45) is 2.57. The van der Waals surface area contributed by atoms with Crippen molar-refractivity contribution in [2.45, 2.75) is 38.8 Å². The molecule has 1 saturated carbocycles. The number of phenolic OH excluding ortho intramolecular Hbond substituents is 2. The van der Waals surface area contributed by atoms with Gasteiger partial charge in [0.15, 0.2) is 11.5 Å². The molecule has 0 spiro atoms. The molecule has 2 rings (SSSR count). The van der Waals surface area contributed by atoms with Gasteiger partial charge >= 0.3 is 0 Å². The van der Waals surface area contributed by atoms with E-state index in [1.807, 2.05) is 6.07 Å². The maximum Gasteiger partial charge on any atom is 0.161 e. The fraction of sp³-hybridized carbons (Fsp3) is 0.538. The molecule has 0 amide bonds. The van der Waals surface area contributed by atoms with Crippen molar-refractivity contribution in [3.63, 3.8) is 0 Å². The quantitative estimate of drug-likeness (QED) is 0.684. The van der Waals surface area contributed by atoms with Crippen LogP contribution in [0.2, 0.25) is 0 Å². The van der Waals surface area contributed by atoms with Crippen LogP contribution in [-0.4, -0.2) is 15.8 Å². The Morgan fingerprint density at radius 2 is 2.00 bits per heavy atom. The van der Waals surface area contributed by atoms with Crippen LogP contribution in [0.3, 0.4) is 0 Å². The molecule has 0 radical (unpaired) electrons. The average molecular weight is 221 g/mol. The first-order chi connectivity index (χ1) is 7.50. The lowest BCUT2D eigenvalue weighted by Crippen LogP contribution is -2.40. The monoisotopic (exact) mass is 221 g/mol. The molecule has 3 nitrogen and oxygen atoms in total. The molecular formula is C13H19NO2. The van der Waals surface area contributed by atoms with Gasteiger partial charge in [0.2, 0.25) is 0 Å². The summed E-state index contributed by atoms with van der Waals surface area (Å²) < 4.78 is 0. The number of hydrogen-bond acceptors (Lipinski definition) is 3. The van der Waals surface area contributed by atoms with Crippen LogP contribution in [0, 0.1) is 5.92 Å². The van der Waals surface area contributed by atoms with Crippen LogP contribution in [0.4, 0.5) is 0 Å². The molecule has 88 valence electrons. The summed E-state index contributed by atoms with van der Waals surface area (Å²) in [7, 11) is 0. The van der Waals surface area contributed by atoms with Gasteiger partial charge in [0.05, 0.1) is 0 Å². The second-order valence-corrected chi connectivity index (χ2v) is 5.13. The third kappa shape index (κ3) is 2.30. The molecule has 0 atom stereocenters. The SMILES string of the molecule is CC(C)(NCc1cccc(O)c1O)C1CC1. The number of nitrogens with one attached hydrogen (secondary N) is 1. The summed E-state index contributed by atoms with van der Waals surface area (Å²) in [6.45, 7) is 4.96. The van der Waals surface area contributed by atoms with Crippen LogP contribution < -0.4 is 5.32 Å². The van der Waals surface area contributed by atoms with Crippen molar-refractivity contribution in [2.75, 3.05) is 0 Å². The molecule has 0 saturated heterocycles. The number of hydrogen-bond donors (Lipinski definition) is 3. The number of aromatic hydroxyl groups is 2. The highest BCUT2D eigenvalue weighted by Crippen LogP contribution is 2.39. The first-order valence-electron chi connectivity index (χ1n) is 5.75. The van der Waals surface area contributed by atoms with Crippen molar-refractivity contribution in [1.82, 2.24) is 5.32 Å². The molecule has 1 fully saturated rings. The van der Waals surface area contributed by atoms with Crippen molar-refractivity contribution < 1.29 is 10.2 Å². The van der Waals surface area contributed by atoms with E-state index in [9.17, 15) is 10.2 Å². The van der Waals surface area contributed by atoms with Crippen LogP contribution in [-0.2, 0) is 6.54 Å². The Balaban J connectivity index is 2.01. The molecule has 1 aliphatic rings. The van der Waals surface area contributed by atoms with Gasteiger partial charge in [-0.25, -0.2) is 0 Å². The highest BCUT2D eigenvalue weighted by molar-refractivity contribution is 5.44. The summed E-state index contributed by atoms with van der Waals surface area (Å²) in [4.78, 5) is 0. The lowest BCUT2D eigenvalue weighted by atomic mass is 9.98. The molecule has 0 aromatic heterocycles.